The summed E-state index contributed by atoms with van der Waals surface area (Å²) in [5, 5.41) is 22.9. The first kappa shape index (κ1) is 14.5. The quantitative estimate of drug-likeness (QED) is 0.629. The van der Waals surface area contributed by atoms with E-state index in [0.29, 0.717) is 24.2 Å². The Morgan fingerprint density at radius 1 is 1.14 bits per heavy atom. The minimum Gasteiger partial charge on any atom is -0.478 e. The summed E-state index contributed by atoms with van der Waals surface area (Å²) < 4.78 is 0. The number of benzene rings is 2. The molecule has 0 bridgehead atoms. The number of rotatable bonds is 6. The van der Waals surface area contributed by atoms with Crippen LogP contribution in [0.15, 0.2) is 48.5 Å². The number of carboxylic acids is 1. The van der Waals surface area contributed by atoms with Crippen LogP contribution in [0.25, 0.3) is 0 Å². The average molecular weight is 286 g/mol. The fourth-order valence-corrected chi connectivity index (χ4v) is 2.06. The van der Waals surface area contributed by atoms with Crippen molar-refractivity contribution in [1.29, 1.82) is 0 Å². The van der Waals surface area contributed by atoms with Crippen molar-refractivity contribution in [3.63, 3.8) is 0 Å². The number of nitrogens with one attached hydrogen (secondary N) is 1. The summed E-state index contributed by atoms with van der Waals surface area (Å²) in [6, 6.07) is 13.1. The van der Waals surface area contributed by atoms with Crippen molar-refractivity contribution < 1.29 is 14.8 Å². The Morgan fingerprint density at radius 3 is 2.52 bits per heavy atom. The zero-order valence-corrected chi connectivity index (χ0v) is 11.2. The lowest BCUT2D eigenvalue weighted by atomic mass is 10.0. The molecule has 0 radical (unpaired) electrons. The van der Waals surface area contributed by atoms with E-state index < -0.39 is 10.9 Å². The van der Waals surface area contributed by atoms with Crippen LogP contribution < -0.4 is 5.32 Å². The van der Waals surface area contributed by atoms with Crippen LogP contribution in [0, 0.1) is 10.1 Å². The monoisotopic (exact) mass is 286 g/mol. The van der Waals surface area contributed by atoms with Crippen LogP contribution in [0.4, 0.5) is 11.4 Å². The zero-order valence-electron chi connectivity index (χ0n) is 11.2. The number of carboxylic acid groups (broad SMARTS) is 1. The van der Waals surface area contributed by atoms with E-state index in [1.807, 2.05) is 0 Å². The number of hydrogen-bond acceptors (Lipinski definition) is 4. The number of nitro benzene ring substituents is 1. The minimum atomic E-state index is -0.976. The van der Waals surface area contributed by atoms with Crippen molar-refractivity contribution >= 4 is 17.3 Å². The molecule has 2 aromatic carbocycles. The average Bonchev–Trinajstić information content (AvgIpc) is 2.48. The lowest BCUT2D eigenvalue weighted by molar-refractivity contribution is -0.384. The fraction of sp³-hybridized carbons (Fsp3) is 0.133. The van der Waals surface area contributed by atoms with E-state index in [1.54, 1.807) is 42.5 Å². The second-order valence-electron chi connectivity index (χ2n) is 4.41. The Balaban J connectivity index is 2.06. The van der Waals surface area contributed by atoms with Crippen molar-refractivity contribution in [2.24, 2.45) is 0 Å². The normalized spacial score (nSPS) is 10.1. The summed E-state index contributed by atoms with van der Waals surface area (Å²) in [5.74, 6) is -0.976. The molecule has 0 unspecified atom stereocenters. The molecular formula is C15H14N2O4. The standard InChI is InChI=1S/C15H14N2O4/c18-15(19)12-6-2-1-5-11(12)9-10-16-13-7-3-4-8-14(13)17(20)21/h1-8,16H,9-10H2,(H,18,19). The number of nitrogens with zero attached hydrogens (tertiary/aromatic N) is 1. The van der Waals surface area contributed by atoms with Crippen molar-refractivity contribution in [2.45, 2.75) is 6.42 Å². The summed E-state index contributed by atoms with van der Waals surface area (Å²) in [4.78, 5) is 21.5. The Morgan fingerprint density at radius 2 is 1.81 bits per heavy atom. The fourth-order valence-electron chi connectivity index (χ4n) is 2.06. The first-order valence-corrected chi connectivity index (χ1v) is 6.38. The first-order valence-electron chi connectivity index (χ1n) is 6.38. The van der Waals surface area contributed by atoms with Crippen LogP contribution in [-0.4, -0.2) is 22.5 Å². The first-order chi connectivity index (χ1) is 10.1. The topological polar surface area (TPSA) is 92.5 Å². The molecule has 0 aliphatic carbocycles. The number of nitro groups is 1. The molecule has 108 valence electrons. The van der Waals surface area contributed by atoms with Crippen molar-refractivity contribution in [2.75, 3.05) is 11.9 Å². The molecule has 2 aromatic rings. The van der Waals surface area contributed by atoms with Crippen LogP contribution >= 0.6 is 0 Å². The molecule has 2 N–H and O–H groups in total. The molecule has 0 fully saturated rings. The van der Waals surface area contributed by atoms with Gasteiger partial charge in [-0.3, -0.25) is 10.1 Å². The van der Waals surface area contributed by atoms with Crippen LogP contribution in [0.5, 0.6) is 0 Å². The van der Waals surface area contributed by atoms with Gasteiger partial charge in [0.15, 0.2) is 0 Å². The second-order valence-corrected chi connectivity index (χ2v) is 4.41. The maximum atomic E-state index is 11.1. The molecule has 0 spiro atoms. The number of hydrogen-bond donors (Lipinski definition) is 2. The van der Waals surface area contributed by atoms with E-state index in [2.05, 4.69) is 5.32 Å². The van der Waals surface area contributed by atoms with Gasteiger partial charge in [-0.05, 0) is 24.1 Å². The molecule has 6 nitrogen and oxygen atoms in total. The van der Waals surface area contributed by atoms with E-state index in [-0.39, 0.29) is 11.3 Å². The van der Waals surface area contributed by atoms with Crippen LogP contribution in [-0.2, 0) is 6.42 Å². The summed E-state index contributed by atoms with van der Waals surface area (Å²) in [6.07, 6.45) is 0.467. The van der Waals surface area contributed by atoms with Crippen LogP contribution in [0.3, 0.4) is 0 Å². The number of anilines is 1. The minimum absolute atomic E-state index is 0.00372. The van der Waals surface area contributed by atoms with Crippen molar-refractivity contribution in [3.05, 3.63) is 69.8 Å². The van der Waals surface area contributed by atoms with E-state index in [1.165, 1.54) is 6.07 Å². The molecular weight excluding hydrogens is 272 g/mol. The van der Waals surface area contributed by atoms with Gasteiger partial charge in [-0.15, -0.1) is 0 Å². The summed E-state index contributed by atoms with van der Waals surface area (Å²) >= 11 is 0. The highest BCUT2D eigenvalue weighted by molar-refractivity contribution is 5.89. The highest BCUT2D eigenvalue weighted by atomic mass is 16.6. The molecule has 0 aromatic heterocycles. The molecule has 2 rings (SSSR count). The predicted molar refractivity (Wildman–Crippen MR) is 78.7 cm³/mol. The number of aromatic carboxylic acids is 1. The molecule has 6 heteroatoms. The third-order valence-electron chi connectivity index (χ3n) is 3.06. The Kier molecular flexibility index (Phi) is 4.50. The maximum absolute atomic E-state index is 11.1. The molecule has 0 heterocycles. The Bertz CT molecular complexity index is 613. The lowest BCUT2D eigenvalue weighted by Gasteiger charge is -2.08. The molecule has 0 aliphatic heterocycles. The molecule has 0 aliphatic rings. The van der Waals surface area contributed by atoms with Gasteiger partial charge in [-0.2, -0.15) is 0 Å². The van der Waals surface area contributed by atoms with Gasteiger partial charge in [0.25, 0.3) is 5.69 Å². The highest BCUT2D eigenvalue weighted by Crippen LogP contribution is 2.23. The molecule has 0 atom stereocenters. The molecule has 0 amide bonds. The van der Waals surface area contributed by atoms with Gasteiger partial charge in [0.1, 0.15) is 5.69 Å². The van der Waals surface area contributed by atoms with Gasteiger partial charge in [0.2, 0.25) is 0 Å². The highest BCUT2D eigenvalue weighted by Gasteiger charge is 2.12. The Hall–Kier alpha value is -2.89. The summed E-state index contributed by atoms with van der Waals surface area (Å²) in [6.45, 7) is 0.412. The molecule has 0 saturated carbocycles. The van der Waals surface area contributed by atoms with Gasteiger partial charge in [-0.1, -0.05) is 30.3 Å². The third kappa shape index (κ3) is 3.56. The van der Waals surface area contributed by atoms with Gasteiger partial charge in [0, 0.05) is 12.6 Å². The second kappa shape index (κ2) is 6.51. The predicted octanol–water partition coefficient (Wildman–Crippen LogP) is 2.95. The van der Waals surface area contributed by atoms with Crippen LogP contribution in [0.1, 0.15) is 15.9 Å². The van der Waals surface area contributed by atoms with E-state index in [9.17, 15) is 14.9 Å². The number of carbonyl (C=O) groups is 1. The third-order valence-corrected chi connectivity index (χ3v) is 3.06. The smallest absolute Gasteiger partial charge is 0.335 e. The van der Waals surface area contributed by atoms with E-state index in [4.69, 9.17) is 5.11 Å². The maximum Gasteiger partial charge on any atom is 0.335 e. The summed E-state index contributed by atoms with van der Waals surface area (Å²) in [7, 11) is 0. The van der Waals surface area contributed by atoms with E-state index >= 15 is 0 Å². The SMILES string of the molecule is O=C(O)c1ccccc1CCNc1ccccc1[N+](=O)[O-]. The number of para-hydroxylation sites is 2. The Labute approximate surface area is 121 Å². The van der Waals surface area contributed by atoms with Crippen LogP contribution in [0.2, 0.25) is 0 Å². The van der Waals surface area contributed by atoms with Crippen molar-refractivity contribution in [3.8, 4) is 0 Å². The van der Waals surface area contributed by atoms with Gasteiger partial charge in [-0.25, -0.2) is 4.79 Å². The molecule has 0 saturated heterocycles. The zero-order chi connectivity index (χ0) is 15.2. The lowest BCUT2D eigenvalue weighted by Crippen LogP contribution is -2.10. The van der Waals surface area contributed by atoms with Crippen molar-refractivity contribution in [1.82, 2.24) is 0 Å². The summed E-state index contributed by atoms with van der Waals surface area (Å²) in [5.41, 5.74) is 1.37. The van der Waals surface area contributed by atoms with Gasteiger partial charge < -0.3 is 10.4 Å². The van der Waals surface area contributed by atoms with Gasteiger partial charge >= 0.3 is 5.97 Å². The van der Waals surface area contributed by atoms with Gasteiger partial charge in [0.05, 0.1) is 10.5 Å². The van der Waals surface area contributed by atoms with E-state index in [0.717, 1.165) is 0 Å². The molecule has 21 heavy (non-hydrogen) atoms. The largest absolute Gasteiger partial charge is 0.478 e.